The first-order chi connectivity index (χ1) is 10.1. The third-order valence-electron chi connectivity index (χ3n) is 3.68. The van der Waals surface area contributed by atoms with Crippen LogP contribution in [0.25, 0.3) is 0 Å². The Morgan fingerprint density at radius 2 is 2.10 bits per heavy atom. The molecule has 0 radical (unpaired) electrons. The van der Waals surface area contributed by atoms with E-state index in [1.165, 1.54) is 17.8 Å². The molecule has 1 aromatic heterocycles. The molecule has 1 heterocycles. The molecule has 114 valence electrons. The van der Waals surface area contributed by atoms with Crippen LogP contribution in [0.2, 0.25) is 0 Å². The normalized spacial score (nSPS) is 12.6. The molecule has 0 aliphatic heterocycles. The van der Waals surface area contributed by atoms with Gasteiger partial charge >= 0.3 is 0 Å². The Balaban J connectivity index is 2.28. The maximum Gasteiger partial charge on any atom is 0.124 e. The van der Waals surface area contributed by atoms with Crippen molar-refractivity contribution in [1.82, 2.24) is 15.1 Å². The van der Waals surface area contributed by atoms with Gasteiger partial charge in [0.25, 0.3) is 0 Å². The number of benzene rings is 1. The molecular weight excluding hydrogens is 333 g/mol. The minimum absolute atomic E-state index is 0.117. The van der Waals surface area contributed by atoms with Crippen LogP contribution < -0.4 is 5.32 Å². The van der Waals surface area contributed by atoms with Crippen molar-refractivity contribution in [2.75, 3.05) is 7.05 Å². The van der Waals surface area contributed by atoms with E-state index in [-0.39, 0.29) is 11.9 Å². The minimum atomic E-state index is -0.229. The van der Waals surface area contributed by atoms with Crippen LogP contribution in [0.4, 0.5) is 4.39 Å². The third kappa shape index (κ3) is 3.71. The quantitative estimate of drug-likeness (QED) is 0.854. The van der Waals surface area contributed by atoms with Gasteiger partial charge in [-0.2, -0.15) is 5.10 Å². The van der Waals surface area contributed by atoms with Gasteiger partial charge in [0.2, 0.25) is 0 Å². The first-order valence-electron chi connectivity index (χ1n) is 7.26. The number of nitrogens with one attached hydrogen (secondary N) is 1. The fourth-order valence-corrected chi connectivity index (χ4v) is 3.11. The van der Waals surface area contributed by atoms with Crippen LogP contribution >= 0.6 is 15.9 Å². The highest BCUT2D eigenvalue weighted by molar-refractivity contribution is 9.10. The van der Waals surface area contributed by atoms with E-state index in [1.807, 2.05) is 17.8 Å². The molecule has 0 aliphatic carbocycles. The lowest BCUT2D eigenvalue weighted by Crippen LogP contribution is -2.21. The smallest absolute Gasteiger partial charge is 0.124 e. The number of likely N-dealkylation sites (N-methyl/N-ethyl adjacent to an activating group) is 1. The first kappa shape index (κ1) is 16.2. The zero-order chi connectivity index (χ0) is 15.4. The predicted molar refractivity (Wildman–Crippen MR) is 86.9 cm³/mol. The summed E-state index contributed by atoms with van der Waals surface area (Å²) in [7, 11) is 1.92. The van der Waals surface area contributed by atoms with E-state index in [0.29, 0.717) is 0 Å². The summed E-state index contributed by atoms with van der Waals surface area (Å²) in [6.45, 7) is 5.06. The summed E-state index contributed by atoms with van der Waals surface area (Å²) in [4.78, 5) is 0. The van der Waals surface area contributed by atoms with E-state index in [2.05, 4.69) is 46.3 Å². The van der Waals surface area contributed by atoms with Crippen molar-refractivity contribution in [2.45, 2.75) is 39.3 Å². The van der Waals surface area contributed by atoms with E-state index in [9.17, 15) is 4.39 Å². The highest BCUT2D eigenvalue weighted by atomic mass is 79.9. The van der Waals surface area contributed by atoms with Gasteiger partial charge in [-0.25, -0.2) is 4.39 Å². The highest BCUT2D eigenvalue weighted by Gasteiger charge is 2.17. The molecular formula is C16H21BrFN3. The summed E-state index contributed by atoms with van der Waals surface area (Å²) in [5.41, 5.74) is 3.37. The largest absolute Gasteiger partial charge is 0.313 e. The van der Waals surface area contributed by atoms with Crippen LogP contribution in [-0.2, 0) is 19.4 Å². The molecule has 0 amide bonds. The average Bonchev–Trinajstić information content (AvgIpc) is 2.87. The Kier molecular flexibility index (Phi) is 5.53. The minimum Gasteiger partial charge on any atom is -0.313 e. The molecule has 1 aromatic carbocycles. The molecule has 5 heteroatoms. The molecule has 0 fully saturated rings. The Bertz CT molecular complexity index is 610. The van der Waals surface area contributed by atoms with E-state index in [0.717, 1.165) is 35.1 Å². The van der Waals surface area contributed by atoms with Gasteiger partial charge < -0.3 is 5.32 Å². The van der Waals surface area contributed by atoms with E-state index >= 15 is 0 Å². The van der Waals surface area contributed by atoms with Gasteiger partial charge in [0.1, 0.15) is 5.82 Å². The Morgan fingerprint density at radius 1 is 1.33 bits per heavy atom. The molecule has 1 atom stereocenters. The van der Waals surface area contributed by atoms with E-state index in [1.54, 1.807) is 0 Å². The van der Waals surface area contributed by atoms with Crippen LogP contribution in [0.1, 0.15) is 36.8 Å². The lowest BCUT2D eigenvalue weighted by molar-refractivity contribution is 0.537. The van der Waals surface area contributed by atoms with Crippen molar-refractivity contribution >= 4 is 15.9 Å². The van der Waals surface area contributed by atoms with Crippen molar-refractivity contribution < 1.29 is 4.39 Å². The van der Waals surface area contributed by atoms with Crippen molar-refractivity contribution in [3.63, 3.8) is 0 Å². The van der Waals surface area contributed by atoms with Crippen LogP contribution in [-0.4, -0.2) is 16.8 Å². The van der Waals surface area contributed by atoms with Crippen LogP contribution in [0.5, 0.6) is 0 Å². The number of nitrogens with zero attached hydrogens (tertiary/aromatic N) is 2. The highest BCUT2D eigenvalue weighted by Crippen LogP contribution is 2.27. The van der Waals surface area contributed by atoms with Crippen LogP contribution in [0.3, 0.4) is 0 Å². The fraction of sp³-hybridized carbons (Fsp3) is 0.438. The fourth-order valence-electron chi connectivity index (χ4n) is 2.49. The number of hydrogen-bond donors (Lipinski definition) is 1. The lowest BCUT2D eigenvalue weighted by atomic mass is 10.0. The molecule has 3 nitrogen and oxygen atoms in total. The summed E-state index contributed by atoms with van der Waals surface area (Å²) in [5, 5.41) is 7.89. The summed E-state index contributed by atoms with van der Waals surface area (Å²) in [5.74, 6) is -0.229. The van der Waals surface area contributed by atoms with Gasteiger partial charge in [0.05, 0.1) is 5.69 Å². The molecule has 21 heavy (non-hydrogen) atoms. The lowest BCUT2D eigenvalue weighted by Gasteiger charge is -2.18. The van der Waals surface area contributed by atoms with Crippen LogP contribution in [0, 0.1) is 5.82 Å². The maximum absolute atomic E-state index is 13.2. The monoisotopic (exact) mass is 353 g/mol. The first-order valence-corrected chi connectivity index (χ1v) is 8.06. The van der Waals surface area contributed by atoms with E-state index in [4.69, 9.17) is 0 Å². The molecule has 2 rings (SSSR count). The average molecular weight is 354 g/mol. The van der Waals surface area contributed by atoms with Gasteiger partial charge in [0.15, 0.2) is 0 Å². The SMILES string of the molecule is CCc1cc(CC(NC)c2ccc(F)cc2Br)n(CC)n1. The number of rotatable bonds is 6. The summed E-state index contributed by atoms with van der Waals surface area (Å²) < 4.78 is 16.1. The molecule has 2 aromatic rings. The number of aromatic nitrogens is 2. The molecule has 0 saturated carbocycles. The van der Waals surface area contributed by atoms with Crippen molar-refractivity contribution in [3.8, 4) is 0 Å². The van der Waals surface area contributed by atoms with Crippen LogP contribution in [0.15, 0.2) is 28.7 Å². The zero-order valence-corrected chi connectivity index (χ0v) is 14.2. The Morgan fingerprint density at radius 3 is 2.67 bits per heavy atom. The van der Waals surface area contributed by atoms with Gasteiger partial charge in [-0.15, -0.1) is 0 Å². The molecule has 0 spiro atoms. The third-order valence-corrected chi connectivity index (χ3v) is 4.36. The van der Waals surface area contributed by atoms with Gasteiger partial charge in [0, 0.05) is 29.2 Å². The summed E-state index contributed by atoms with van der Waals surface area (Å²) in [6, 6.07) is 7.11. The molecule has 1 unspecified atom stereocenters. The van der Waals surface area contributed by atoms with E-state index < -0.39 is 0 Å². The summed E-state index contributed by atoms with van der Waals surface area (Å²) in [6.07, 6.45) is 1.76. The molecule has 0 aliphatic rings. The molecule has 0 bridgehead atoms. The second kappa shape index (κ2) is 7.18. The van der Waals surface area contributed by atoms with Crippen molar-refractivity contribution in [1.29, 1.82) is 0 Å². The van der Waals surface area contributed by atoms with Gasteiger partial charge in [-0.3, -0.25) is 4.68 Å². The maximum atomic E-state index is 13.2. The van der Waals surface area contributed by atoms with Crippen molar-refractivity contribution in [2.24, 2.45) is 0 Å². The number of hydrogen-bond acceptors (Lipinski definition) is 2. The standard InChI is InChI=1S/C16H21BrFN3/c1-4-12-9-13(21(5-2)20-12)10-16(19-3)14-7-6-11(18)8-15(14)17/h6-9,16,19H,4-5,10H2,1-3H3. The topological polar surface area (TPSA) is 29.9 Å². The van der Waals surface area contributed by atoms with Gasteiger partial charge in [-0.05, 0) is 44.2 Å². The second-order valence-corrected chi connectivity index (χ2v) is 5.86. The molecule has 0 saturated heterocycles. The number of halogens is 2. The molecule has 1 N–H and O–H groups in total. The second-order valence-electron chi connectivity index (χ2n) is 5.01. The van der Waals surface area contributed by atoms with Crippen molar-refractivity contribution in [3.05, 3.63) is 51.5 Å². The predicted octanol–water partition coefficient (Wildman–Crippen LogP) is 3.87. The zero-order valence-electron chi connectivity index (χ0n) is 12.7. The summed E-state index contributed by atoms with van der Waals surface area (Å²) >= 11 is 3.45. The Hall–Kier alpha value is -1.20. The Labute approximate surface area is 133 Å². The van der Waals surface area contributed by atoms with Gasteiger partial charge in [-0.1, -0.05) is 28.9 Å². The number of aryl methyl sites for hydroxylation is 2.